The van der Waals surface area contributed by atoms with Gasteiger partial charge in [0.25, 0.3) is 0 Å². The van der Waals surface area contributed by atoms with Crippen molar-refractivity contribution in [3.63, 3.8) is 0 Å². The molecule has 82 valence electrons. The summed E-state index contributed by atoms with van der Waals surface area (Å²) in [5.74, 6) is 1.77. The molecule has 1 heterocycles. The molecule has 0 spiro atoms. The zero-order valence-electron chi connectivity index (χ0n) is 9.30. The molecule has 0 radical (unpaired) electrons. The van der Waals surface area contributed by atoms with Crippen LogP contribution in [0.5, 0.6) is 11.5 Å². The summed E-state index contributed by atoms with van der Waals surface area (Å²) in [4.78, 5) is 0. The van der Waals surface area contributed by atoms with E-state index >= 15 is 0 Å². The predicted octanol–water partition coefficient (Wildman–Crippen LogP) is 1.74. The lowest BCUT2D eigenvalue weighted by atomic mass is 10.0. The lowest BCUT2D eigenvalue weighted by Crippen LogP contribution is -2.17. The van der Waals surface area contributed by atoms with Crippen molar-refractivity contribution >= 4 is 0 Å². The maximum atomic E-state index is 5.56. The third kappa shape index (κ3) is 2.07. The largest absolute Gasteiger partial charge is 0.486 e. The fourth-order valence-corrected chi connectivity index (χ4v) is 1.86. The Labute approximate surface area is 90.4 Å². The monoisotopic (exact) mass is 207 g/mol. The maximum Gasteiger partial charge on any atom is 0.161 e. The summed E-state index contributed by atoms with van der Waals surface area (Å²) in [5.41, 5.74) is 2.62. The Bertz CT molecular complexity index is 350. The van der Waals surface area contributed by atoms with E-state index in [-0.39, 0.29) is 0 Å². The van der Waals surface area contributed by atoms with Gasteiger partial charge in [0.05, 0.1) is 0 Å². The molecule has 0 fully saturated rings. The van der Waals surface area contributed by atoms with Gasteiger partial charge in [-0.15, -0.1) is 0 Å². The lowest BCUT2D eigenvalue weighted by Gasteiger charge is -2.20. The molecule has 3 nitrogen and oxygen atoms in total. The minimum atomic E-state index is 0.650. The van der Waals surface area contributed by atoms with Crippen LogP contribution in [0, 0.1) is 0 Å². The molecule has 1 aliphatic heterocycles. The highest BCUT2D eigenvalue weighted by molar-refractivity contribution is 5.48. The van der Waals surface area contributed by atoms with E-state index in [1.165, 1.54) is 11.1 Å². The standard InChI is InChI=1S/C12H17NO2/c1-3-9-6-11-12(15-5-4-14-11)7-10(9)8-13-2/h6-7,13H,3-5,8H2,1-2H3. The van der Waals surface area contributed by atoms with E-state index in [0.717, 1.165) is 24.5 Å². The van der Waals surface area contributed by atoms with Crippen LogP contribution in [0.25, 0.3) is 0 Å². The Hall–Kier alpha value is -1.22. The third-order valence-electron chi connectivity index (χ3n) is 2.61. The molecule has 1 N–H and O–H groups in total. The van der Waals surface area contributed by atoms with Crippen molar-refractivity contribution in [2.24, 2.45) is 0 Å². The SMILES string of the molecule is CCc1cc2c(cc1CNC)OCCO2. The first-order chi connectivity index (χ1) is 7.35. The fourth-order valence-electron chi connectivity index (χ4n) is 1.86. The summed E-state index contributed by atoms with van der Waals surface area (Å²) in [6.45, 7) is 4.34. The third-order valence-corrected chi connectivity index (χ3v) is 2.61. The summed E-state index contributed by atoms with van der Waals surface area (Å²) in [5, 5.41) is 3.17. The Morgan fingerprint density at radius 3 is 2.27 bits per heavy atom. The van der Waals surface area contributed by atoms with E-state index in [0.29, 0.717) is 13.2 Å². The van der Waals surface area contributed by atoms with Crippen LogP contribution in [-0.4, -0.2) is 20.3 Å². The molecule has 0 bridgehead atoms. The lowest BCUT2D eigenvalue weighted by molar-refractivity contribution is 0.171. The highest BCUT2D eigenvalue weighted by Crippen LogP contribution is 2.33. The molecule has 0 atom stereocenters. The zero-order chi connectivity index (χ0) is 10.7. The van der Waals surface area contributed by atoms with Crippen LogP contribution in [0.4, 0.5) is 0 Å². The van der Waals surface area contributed by atoms with Crippen molar-refractivity contribution in [2.45, 2.75) is 19.9 Å². The van der Waals surface area contributed by atoms with Crippen molar-refractivity contribution in [1.82, 2.24) is 5.32 Å². The summed E-state index contributed by atoms with van der Waals surface area (Å²) >= 11 is 0. The van der Waals surface area contributed by atoms with Crippen molar-refractivity contribution in [1.29, 1.82) is 0 Å². The molecule has 0 saturated carbocycles. The van der Waals surface area contributed by atoms with Crippen LogP contribution in [0.1, 0.15) is 18.1 Å². The second kappa shape index (κ2) is 4.53. The van der Waals surface area contributed by atoms with Crippen molar-refractivity contribution in [2.75, 3.05) is 20.3 Å². The molecule has 0 amide bonds. The topological polar surface area (TPSA) is 30.5 Å². The van der Waals surface area contributed by atoms with Crippen LogP contribution in [0.3, 0.4) is 0 Å². The van der Waals surface area contributed by atoms with Gasteiger partial charge in [-0.25, -0.2) is 0 Å². The molecular formula is C12H17NO2. The van der Waals surface area contributed by atoms with Crippen LogP contribution in [0.2, 0.25) is 0 Å². The second-order valence-electron chi connectivity index (χ2n) is 3.65. The number of ether oxygens (including phenoxy) is 2. The summed E-state index contributed by atoms with van der Waals surface area (Å²) in [6.07, 6.45) is 1.02. The van der Waals surface area contributed by atoms with Gasteiger partial charge in [-0.1, -0.05) is 6.92 Å². The summed E-state index contributed by atoms with van der Waals surface area (Å²) in [7, 11) is 1.95. The van der Waals surface area contributed by atoms with Gasteiger partial charge in [0, 0.05) is 6.54 Å². The molecule has 0 aliphatic carbocycles. The number of benzene rings is 1. The van der Waals surface area contributed by atoms with E-state index in [1.807, 2.05) is 7.05 Å². The number of rotatable bonds is 3. The summed E-state index contributed by atoms with van der Waals surface area (Å²) < 4.78 is 11.1. The molecule has 1 aliphatic rings. The van der Waals surface area contributed by atoms with Gasteiger partial charge >= 0.3 is 0 Å². The number of aryl methyl sites for hydroxylation is 1. The minimum Gasteiger partial charge on any atom is -0.486 e. The number of hydrogen-bond acceptors (Lipinski definition) is 3. The number of hydrogen-bond donors (Lipinski definition) is 1. The Morgan fingerprint density at radius 1 is 1.13 bits per heavy atom. The van der Waals surface area contributed by atoms with Gasteiger partial charge in [0.15, 0.2) is 11.5 Å². The van der Waals surface area contributed by atoms with Crippen molar-refractivity contribution in [3.8, 4) is 11.5 Å². The first-order valence-electron chi connectivity index (χ1n) is 5.41. The van der Waals surface area contributed by atoms with Crippen LogP contribution >= 0.6 is 0 Å². The molecule has 2 rings (SSSR count). The maximum absolute atomic E-state index is 5.56. The normalized spacial score (nSPS) is 14.0. The molecule has 0 saturated heterocycles. The van der Waals surface area contributed by atoms with Crippen LogP contribution in [0.15, 0.2) is 12.1 Å². The van der Waals surface area contributed by atoms with E-state index < -0.39 is 0 Å². The van der Waals surface area contributed by atoms with Gasteiger partial charge in [-0.2, -0.15) is 0 Å². The Morgan fingerprint density at radius 2 is 1.73 bits per heavy atom. The zero-order valence-corrected chi connectivity index (χ0v) is 9.30. The molecule has 3 heteroatoms. The molecular weight excluding hydrogens is 190 g/mol. The minimum absolute atomic E-state index is 0.650. The van der Waals surface area contributed by atoms with Gasteiger partial charge in [-0.3, -0.25) is 0 Å². The van der Waals surface area contributed by atoms with Gasteiger partial charge in [0.2, 0.25) is 0 Å². The van der Waals surface area contributed by atoms with E-state index in [4.69, 9.17) is 9.47 Å². The van der Waals surface area contributed by atoms with Gasteiger partial charge in [-0.05, 0) is 36.7 Å². The van der Waals surface area contributed by atoms with Crippen LogP contribution in [-0.2, 0) is 13.0 Å². The number of fused-ring (bicyclic) bond motifs is 1. The Balaban J connectivity index is 2.37. The highest BCUT2D eigenvalue weighted by atomic mass is 16.6. The first kappa shape index (κ1) is 10.3. The van der Waals surface area contributed by atoms with Crippen molar-refractivity contribution < 1.29 is 9.47 Å². The highest BCUT2D eigenvalue weighted by Gasteiger charge is 2.14. The average molecular weight is 207 g/mol. The summed E-state index contributed by atoms with van der Waals surface area (Å²) in [6, 6.07) is 4.19. The van der Waals surface area contributed by atoms with Gasteiger partial charge in [0.1, 0.15) is 13.2 Å². The van der Waals surface area contributed by atoms with Crippen molar-refractivity contribution in [3.05, 3.63) is 23.3 Å². The smallest absolute Gasteiger partial charge is 0.161 e. The quantitative estimate of drug-likeness (QED) is 0.819. The second-order valence-corrected chi connectivity index (χ2v) is 3.65. The number of nitrogens with one attached hydrogen (secondary N) is 1. The van der Waals surface area contributed by atoms with Crippen LogP contribution < -0.4 is 14.8 Å². The average Bonchev–Trinajstić information content (AvgIpc) is 2.28. The molecule has 1 aromatic carbocycles. The first-order valence-corrected chi connectivity index (χ1v) is 5.41. The predicted molar refractivity (Wildman–Crippen MR) is 59.6 cm³/mol. The Kier molecular flexibility index (Phi) is 3.11. The molecule has 1 aromatic rings. The molecule has 15 heavy (non-hydrogen) atoms. The van der Waals surface area contributed by atoms with Gasteiger partial charge < -0.3 is 14.8 Å². The molecule has 0 unspecified atom stereocenters. The van der Waals surface area contributed by atoms with E-state index in [1.54, 1.807) is 0 Å². The van der Waals surface area contributed by atoms with E-state index in [2.05, 4.69) is 24.4 Å². The fraction of sp³-hybridized carbons (Fsp3) is 0.500. The van der Waals surface area contributed by atoms with E-state index in [9.17, 15) is 0 Å². The molecule has 0 aromatic heterocycles.